The average Bonchev–Trinajstić information content (AvgIpc) is 2.75. The van der Waals surface area contributed by atoms with Crippen molar-refractivity contribution in [1.82, 2.24) is 10.6 Å². The van der Waals surface area contributed by atoms with Crippen molar-refractivity contribution in [1.29, 1.82) is 5.41 Å². The number of carboxylic acids is 1. The molecule has 1 rings (SSSR count). The zero-order valence-electron chi connectivity index (χ0n) is 10.2. The summed E-state index contributed by atoms with van der Waals surface area (Å²) >= 11 is 0. The van der Waals surface area contributed by atoms with Gasteiger partial charge in [0.05, 0.1) is 0 Å². The normalized spacial score (nSPS) is 15.1. The molecule has 0 aromatic heterocycles. The van der Waals surface area contributed by atoms with Crippen LogP contribution in [-0.2, 0) is 9.59 Å². The van der Waals surface area contributed by atoms with E-state index in [9.17, 15) is 9.59 Å². The monoisotopic (exact) mass is 259 g/mol. The van der Waals surface area contributed by atoms with Gasteiger partial charge in [0.1, 0.15) is 6.04 Å². The van der Waals surface area contributed by atoms with E-state index in [-0.39, 0.29) is 11.9 Å². The van der Waals surface area contributed by atoms with Crippen LogP contribution >= 0.6 is 0 Å². The third-order valence-electron chi connectivity index (χ3n) is 2.23. The molecule has 1 heterocycles. The Hall–Kier alpha value is -1.83. The molecule has 8 heteroatoms. The number of carbonyl (C=O) groups is 2. The van der Waals surface area contributed by atoms with Crippen molar-refractivity contribution in [3.05, 3.63) is 0 Å². The number of amides is 1. The molecule has 1 amide bonds. The summed E-state index contributed by atoms with van der Waals surface area (Å²) in [6.45, 7) is 1.37. The van der Waals surface area contributed by atoms with Gasteiger partial charge in [-0.25, -0.2) is 0 Å². The number of nitrogens with two attached hydrogens (primary N) is 2. The van der Waals surface area contributed by atoms with E-state index in [1.54, 1.807) is 0 Å². The van der Waals surface area contributed by atoms with Crippen LogP contribution in [-0.4, -0.2) is 42.1 Å². The lowest BCUT2D eigenvalue weighted by Gasteiger charge is -2.06. The molecule has 1 saturated heterocycles. The molecular weight excluding hydrogens is 238 g/mol. The summed E-state index contributed by atoms with van der Waals surface area (Å²) < 4.78 is 0. The molecule has 1 fully saturated rings. The van der Waals surface area contributed by atoms with Gasteiger partial charge >= 0.3 is 5.97 Å². The van der Waals surface area contributed by atoms with Gasteiger partial charge in [-0.05, 0) is 19.3 Å². The molecule has 0 saturated carbocycles. The van der Waals surface area contributed by atoms with Gasteiger partial charge in [-0.3, -0.25) is 15.0 Å². The first kappa shape index (κ1) is 16.2. The lowest BCUT2D eigenvalue weighted by Crippen LogP contribution is -2.34. The van der Waals surface area contributed by atoms with Crippen molar-refractivity contribution < 1.29 is 14.7 Å². The van der Waals surface area contributed by atoms with E-state index in [4.69, 9.17) is 22.0 Å². The topological polar surface area (TPSA) is 154 Å². The Bertz CT molecular complexity index is 287. The highest BCUT2D eigenvalue weighted by Gasteiger charge is 2.09. The number of guanidine groups is 1. The van der Waals surface area contributed by atoms with Crippen LogP contribution in [0.25, 0.3) is 0 Å². The predicted octanol–water partition coefficient (Wildman–Crippen LogP) is -1.44. The second-order valence-electron chi connectivity index (χ2n) is 3.88. The lowest BCUT2D eigenvalue weighted by molar-refractivity contribution is -0.138. The fourth-order valence-corrected chi connectivity index (χ4v) is 1.23. The van der Waals surface area contributed by atoms with Crippen molar-refractivity contribution >= 4 is 17.8 Å². The quantitative estimate of drug-likeness (QED) is 0.202. The summed E-state index contributed by atoms with van der Waals surface area (Å²) in [7, 11) is 0. The standard InChI is InChI=1S/C6H14N4O2.C4H7NO/c7-4(5(11)12)2-1-3-10-6(8)9;6-4-2-1-3-5-4/h4H,1-3,7H2,(H,11,12)(H4,8,9,10);1-3H2,(H,5,6)/t4-;/m0./s1. The second kappa shape index (κ2) is 9.23. The summed E-state index contributed by atoms with van der Waals surface area (Å²) in [6, 6.07) is -0.821. The number of carboxylic acid groups (broad SMARTS) is 1. The summed E-state index contributed by atoms with van der Waals surface area (Å²) in [5.41, 5.74) is 10.2. The molecule has 0 aliphatic carbocycles. The first-order valence-electron chi connectivity index (χ1n) is 5.76. The maximum absolute atomic E-state index is 10.2. The van der Waals surface area contributed by atoms with Gasteiger partial charge in [-0.15, -0.1) is 0 Å². The van der Waals surface area contributed by atoms with Crippen LogP contribution in [0.4, 0.5) is 0 Å². The highest BCUT2D eigenvalue weighted by atomic mass is 16.4. The van der Waals surface area contributed by atoms with Crippen LogP contribution in [0.5, 0.6) is 0 Å². The van der Waals surface area contributed by atoms with Gasteiger partial charge in [-0.1, -0.05) is 0 Å². The Labute approximate surface area is 106 Å². The maximum atomic E-state index is 10.2. The van der Waals surface area contributed by atoms with E-state index >= 15 is 0 Å². The molecule has 0 unspecified atom stereocenters. The van der Waals surface area contributed by atoms with E-state index in [1.165, 1.54) is 0 Å². The Balaban J connectivity index is 0.000000397. The predicted molar refractivity (Wildman–Crippen MR) is 67.0 cm³/mol. The number of nitrogens with one attached hydrogen (secondary N) is 3. The minimum Gasteiger partial charge on any atom is -0.480 e. The van der Waals surface area contributed by atoms with Crippen LogP contribution in [0.1, 0.15) is 25.7 Å². The molecular formula is C10H21N5O3. The molecule has 104 valence electrons. The van der Waals surface area contributed by atoms with E-state index in [1.807, 2.05) is 0 Å². The van der Waals surface area contributed by atoms with Gasteiger partial charge in [0.15, 0.2) is 5.96 Å². The third kappa shape index (κ3) is 9.40. The smallest absolute Gasteiger partial charge is 0.320 e. The van der Waals surface area contributed by atoms with Crippen LogP contribution in [0.3, 0.4) is 0 Å². The highest BCUT2D eigenvalue weighted by Crippen LogP contribution is 1.93. The molecule has 0 aromatic rings. The summed E-state index contributed by atoms with van der Waals surface area (Å²) in [5, 5.41) is 20.4. The zero-order chi connectivity index (χ0) is 14.0. The molecule has 0 aromatic carbocycles. The van der Waals surface area contributed by atoms with Crippen molar-refractivity contribution in [3.8, 4) is 0 Å². The molecule has 0 radical (unpaired) electrons. The Morgan fingerprint density at radius 2 is 2.28 bits per heavy atom. The fraction of sp³-hybridized carbons (Fsp3) is 0.700. The number of rotatable bonds is 5. The first-order chi connectivity index (χ1) is 8.43. The number of aliphatic carboxylic acids is 1. The number of hydrogen-bond acceptors (Lipinski definition) is 4. The first-order valence-corrected chi connectivity index (χ1v) is 5.76. The van der Waals surface area contributed by atoms with E-state index in [2.05, 4.69) is 10.6 Å². The highest BCUT2D eigenvalue weighted by molar-refractivity contribution is 5.77. The maximum Gasteiger partial charge on any atom is 0.320 e. The molecule has 0 spiro atoms. The molecule has 1 aliphatic rings. The van der Waals surface area contributed by atoms with Crippen molar-refractivity contribution in [3.63, 3.8) is 0 Å². The van der Waals surface area contributed by atoms with Crippen LogP contribution in [0.2, 0.25) is 0 Å². The minimum atomic E-state index is -1.00. The van der Waals surface area contributed by atoms with Gasteiger partial charge in [0.25, 0.3) is 0 Å². The van der Waals surface area contributed by atoms with Crippen molar-refractivity contribution in [2.24, 2.45) is 11.5 Å². The summed E-state index contributed by atoms with van der Waals surface area (Å²) in [5.74, 6) is -0.910. The van der Waals surface area contributed by atoms with Gasteiger partial charge in [0, 0.05) is 19.5 Å². The molecule has 8 N–H and O–H groups in total. The number of hydrogen-bond donors (Lipinski definition) is 6. The zero-order valence-corrected chi connectivity index (χ0v) is 10.2. The number of carbonyl (C=O) groups excluding carboxylic acids is 1. The molecule has 1 atom stereocenters. The SMILES string of the molecule is N=C(N)NCCC[C@H](N)C(=O)O.O=C1CCCN1. The largest absolute Gasteiger partial charge is 0.480 e. The van der Waals surface area contributed by atoms with Crippen molar-refractivity contribution in [2.75, 3.05) is 13.1 Å². The Kier molecular flexibility index (Phi) is 8.29. The molecule has 18 heavy (non-hydrogen) atoms. The summed E-state index contributed by atoms with van der Waals surface area (Å²) in [4.78, 5) is 20.3. The van der Waals surface area contributed by atoms with Gasteiger partial charge < -0.3 is 27.2 Å². The Morgan fingerprint density at radius 1 is 1.61 bits per heavy atom. The van der Waals surface area contributed by atoms with E-state index < -0.39 is 12.0 Å². The average molecular weight is 259 g/mol. The van der Waals surface area contributed by atoms with Crippen LogP contribution < -0.4 is 22.1 Å². The van der Waals surface area contributed by atoms with Gasteiger partial charge in [0.2, 0.25) is 5.91 Å². The summed E-state index contributed by atoms with van der Waals surface area (Å²) in [6.07, 6.45) is 2.74. The Morgan fingerprint density at radius 3 is 2.61 bits per heavy atom. The fourth-order valence-electron chi connectivity index (χ4n) is 1.23. The van der Waals surface area contributed by atoms with Crippen LogP contribution in [0, 0.1) is 5.41 Å². The van der Waals surface area contributed by atoms with E-state index in [0.29, 0.717) is 19.4 Å². The molecule has 0 bridgehead atoms. The molecule has 1 aliphatic heterocycles. The minimum absolute atomic E-state index is 0.112. The van der Waals surface area contributed by atoms with Gasteiger partial charge in [-0.2, -0.15) is 0 Å². The van der Waals surface area contributed by atoms with E-state index in [0.717, 1.165) is 19.4 Å². The third-order valence-corrected chi connectivity index (χ3v) is 2.23. The lowest BCUT2D eigenvalue weighted by atomic mass is 10.2. The second-order valence-corrected chi connectivity index (χ2v) is 3.88. The van der Waals surface area contributed by atoms with Crippen molar-refractivity contribution in [2.45, 2.75) is 31.7 Å². The van der Waals surface area contributed by atoms with Crippen LogP contribution in [0.15, 0.2) is 0 Å². The molecule has 8 nitrogen and oxygen atoms in total.